The molecule has 0 aliphatic rings. The molecule has 0 saturated carbocycles. The minimum atomic E-state index is -0.678. The van der Waals surface area contributed by atoms with E-state index in [1.807, 2.05) is 0 Å². The number of aliphatic carboxylic acids is 1. The van der Waals surface area contributed by atoms with E-state index in [-0.39, 0.29) is 0 Å². The first-order chi connectivity index (χ1) is 10.8. The Morgan fingerprint density at radius 2 is 1.23 bits per heavy atom. The third-order valence-corrected chi connectivity index (χ3v) is 3.53. The highest BCUT2D eigenvalue weighted by Crippen LogP contribution is 2.06. The zero-order valence-electron chi connectivity index (χ0n) is 14.3. The van der Waals surface area contributed by atoms with Gasteiger partial charge in [0.2, 0.25) is 0 Å². The highest BCUT2D eigenvalue weighted by molar-refractivity contribution is 5.66. The molecular weight excluding hydrogens is 272 g/mol. The van der Waals surface area contributed by atoms with Crippen molar-refractivity contribution in [2.24, 2.45) is 0 Å². The zero-order valence-corrected chi connectivity index (χ0v) is 14.3. The van der Waals surface area contributed by atoms with Crippen LogP contribution in [0.4, 0.5) is 0 Å². The van der Waals surface area contributed by atoms with Crippen LogP contribution in [-0.4, -0.2) is 11.1 Å². The Kier molecular flexibility index (Phi) is 16.7. The molecule has 126 valence electrons. The SMILES string of the molecule is CCCCCC=CC/C=C\C/C=C\CCCCCCC(=O)O. The Morgan fingerprint density at radius 1 is 0.727 bits per heavy atom. The van der Waals surface area contributed by atoms with Gasteiger partial charge in [-0.05, 0) is 44.9 Å². The van der Waals surface area contributed by atoms with Crippen LogP contribution in [0.15, 0.2) is 36.5 Å². The summed E-state index contributed by atoms with van der Waals surface area (Å²) in [6.07, 6.45) is 26.3. The van der Waals surface area contributed by atoms with E-state index in [1.165, 1.54) is 32.1 Å². The molecule has 0 atom stereocenters. The minimum Gasteiger partial charge on any atom is -0.481 e. The predicted octanol–water partition coefficient (Wildman–Crippen LogP) is 6.44. The summed E-state index contributed by atoms with van der Waals surface area (Å²) in [6.45, 7) is 2.24. The maximum Gasteiger partial charge on any atom is 0.303 e. The molecule has 0 aromatic carbocycles. The van der Waals surface area contributed by atoms with Crippen LogP contribution in [0.25, 0.3) is 0 Å². The molecule has 0 rings (SSSR count). The fraction of sp³-hybridized carbons (Fsp3) is 0.650. The van der Waals surface area contributed by atoms with Crippen LogP contribution in [0.2, 0.25) is 0 Å². The topological polar surface area (TPSA) is 37.3 Å². The van der Waals surface area contributed by atoms with Crippen LogP contribution in [-0.2, 0) is 4.79 Å². The average Bonchev–Trinajstić information content (AvgIpc) is 2.50. The second kappa shape index (κ2) is 17.7. The summed E-state index contributed by atoms with van der Waals surface area (Å²) in [5, 5.41) is 8.52. The van der Waals surface area contributed by atoms with Gasteiger partial charge in [-0.15, -0.1) is 0 Å². The highest BCUT2D eigenvalue weighted by Gasteiger charge is 1.95. The Labute approximate surface area is 137 Å². The lowest BCUT2D eigenvalue weighted by Crippen LogP contribution is -1.93. The molecule has 0 fully saturated rings. The molecule has 2 heteroatoms. The Bertz CT molecular complexity index is 327. The molecule has 22 heavy (non-hydrogen) atoms. The van der Waals surface area contributed by atoms with Gasteiger partial charge in [-0.3, -0.25) is 4.79 Å². The number of allylic oxidation sites excluding steroid dienone is 6. The van der Waals surface area contributed by atoms with Gasteiger partial charge in [0.05, 0.1) is 0 Å². The van der Waals surface area contributed by atoms with Crippen molar-refractivity contribution in [3.05, 3.63) is 36.5 Å². The Morgan fingerprint density at radius 3 is 1.77 bits per heavy atom. The smallest absolute Gasteiger partial charge is 0.303 e. The van der Waals surface area contributed by atoms with Crippen LogP contribution < -0.4 is 0 Å². The molecule has 0 amide bonds. The second-order valence-electron chi connectivity index (χ2n) is 5.73. The van der Waals surface area contributed by atoms with Crippen LogP contribution in [0, 0.1) is 0 Å². The van der Waals surface area contributed by atoms with Gasteiger partial charge in [0.15, 0.2) is 0 Å². The van der Waals surface area contributed by atoms with E-state index in [4.69, 9.17) is 5.11 Å². The molecule has 0 saturated heterocycles. The molecule has 0 spiro atoms. The number of hydrogen-bond acceptors (Lipinski definition) is 1. The monoisotopic (exact) mass is 306 g/mol. The minimum absolute atomic E-state index is 0.313. The van der Waals surface area contributed by atoms with Crippen molar-refractivity contribution < 1.29 is 9.90 Å². The van der Waals surface area contributed by atoms with E-state index in [2.05, 4.69) is 43.4 Å². The molecule has 1 N–H and O–H groups in total. The van der Waals surface area contributed by atoms with E-state index < -0.39 is 5.97 Å². The normalized spacial score (nSPS) is 12.0. The van der Waals surface area contributed by atoms with Crippen molar-refractivity contribution in [1.82, 2.24) is 0 Å². The van der Waals surface area contributed by atoms with Crippen LogP contribution >= 0.6 is 0 Å². The summed E-state index contributed by atoms with van der Waals surface area (Å²) in [5.41, 5.74) is 0. The lowest BCUT2D eigenvalue weighted by Gasteiger charge is -1.96. The molecule has 0 bridgehead atoms. The number of carboxylic acids is 1. The van der Waals surface area contributed by atoms with Crippen LogP contribution in [0.3, 0.4) is 0 Å². The first-order valence-corrected chi connectivity index (χ1v) is 8.94. The predicted molar refractivity (Wildman–Crippen MR) is 96.1 cm³/mol. The number of hydrogen-bond donors (Lipinski definition) is 1. The largest absolute Gasteiger partial charge is 0.481 e. The fourth-order valence-electron chi connectivity index (χ4n) is 2.18. The summed E-state index contributed by atoms with van der Waals surface area (Å²) in [4.78, 5) is 10.3. The fourth-order valence-corrected chi connectivity index (χ4v) is 2.18. The number of unbranched alkanes of at least 4 members (excludes halogenated alkanes) is 7. The molecular formula is C20H34O2. The first kappa shape index (κ1) is 20.7. The summed E-state index contributed by atoms with van der Waals surface area (Å²) in [5.74, 6) is -0.678. The van der Waals surface area contributed by atoms with E-state index in [0.29, 0.717) is 6.42 Å². The van der Waals surface area contributed by atoms with E-state index in [1.54, 1.807) is 0 Å². The van der Waals surface area contributed by atoms with Gasteiger partial charge in [0, 0.05) is 6.42 Å². The molecule has 0 heterocycles. The van der Waals surface area contributed by atoms with Crippen molar-refractivity contribution in [2.45, 2.75) is 84.0 Å². The summed E-state index contributed by atoms with van der Waals surface area (Å²) in [7, 11) is 0. The second-order valence-corrected chi connectivity index (χ2v) is 5.73. The molecule has 0 aliphatic heterocycles. The van der Waals surface area contributed by atoms with Gasteiger partial charge in [-0.1, -0.05) is 69.1 Å². The van der Waals surface area contributed by atoms with Gasteiger partial charge >= 0.3 is 5.97 Å². The van der Waals surface area contributed by atoms with Crippen molar-refractivity contribution >= 4 is 5.97 Å². The molecule has 0 unspecified atom stereocenters. The average molecular weight is 306 g/mol. The summed E-state index contributed by atoms with van der Waals surface area (Å²) in [6, 6.07) is 0. The highest BCUT2D eigenvalue weighted by atomic mass is 16.4. The third kappa shape index (κ3) is 18.7. The Balaban J connectivity index is 3.29. The van der Waals surface area contributed by atoms with Gasteiger partial charge in [0.25, 0.3) is 0 Å². The quantitative estimate of drug-likeness (QED) is 0.279. The maximum absolute atomic E-state index is 10.3. The number of rotatable bonds is 15. The lowest BCUT2D eigenvalue weighted by atomic mass is 10.1. The number of carbonyl (C=O) groups is 1. The molecule has 0 radical (unpaired) electrons. The Hall–Kier alpha value is -1.31. The van der Waals surface area contributed by atoms with Gasteiger partial charge in [0.1, 0.15) is 0 Å². The van der Waals surface area contributed by atoms with Crippen molar-refractivity contribution in [2.75, 3.05) is 0 Å². The van der Waals surface area contributed by atoms with Gasteiger partial charge in [-0.2, -0.15) is 0 Å². The molecule has 0 aliphatic carbocycles. The lowest BCUT2D eigenvalue weighted by molar-refractivity contribution is -0.137. The van der Waals surface area contributed by atoms with Crippen molar-refractivity contribution in [3.63, 3.8) is 0 Å². The first-order valence-electron chi connectivity index (χ1n) is 8.94. The molecule has 0 aromatic rings. The van der Waals surface area contributed by atoms with Gasteiger partial charge < -0.3 is 5.11 Å². The third-order valence-electron chi connectivity index (χ3n) is 3.53. The van der Waals surface area contributed by atoms with Crippen molar-refractivity contribution in [3.8, 4) is 0 Å². The summed E-state index contributed by atoms with van der Waals surface area (Å²) < 4.78 is 0. The van der Waals surface area contributed by atoms with E-state index in [0.717, 1.165) is 38.5 Å². The van der Waals surface area contributed by atoms with Crippen LogP contribution in [0.5, 0.6) is 0 Å². The van der Waals surface area contributed by atoms with Crippen molar-refractivity contribution in [1.29, 1.82) is 0 Å². The number of carboxylic acid groups (broad SMARTS) is 1. The molecule has 0 aromatic heterocycles. The van der Waals surface area contributed by atoms with Crippen LogP contribution in [0.1, 0.15) is 84.0 Å². The standard InChI is InChI=1S/C20H34O2/c1-2-3-4-5-6-7-8-9-10-11-12-13-14-15-16-17-18-19-20(21)22/h6-7,9-10,12-13H,2-5,8,11,14-19H2,1H3,(H,21,22)/b7-6?,10-9-,13-12-. The maximum atomic E-state index is 10.3. The van der Waals surface area contributed by atoms with Gasteiger partial charge in [-0.25, -0.2) is 0 Å². The molecule has 2 nitrogen and oxygen atoms in total. The van der Waals surface area contributed by atoms with E-state index in [9.17, 15) is 4.79 Å². The van der Waals surface area contributed by atoms with E-state index >= 15 is 0 Å². The summed E-state index contributed by atoms with van der Waals surface area (Å²) >= 11 is 0. The zero-order chi connectivity index (χ0) is 16.3.